The summed E-state index contributed by atoms with van der Waals surface area (Å²) in [5.74, 6) is 0. The van der Waals surface area contributed by atoms with Gasteiger partial charge in [0.15, 0.2) is 0 Å². The number of aromatic nitrogens is 1. The number of hydrogen-bond acceptors (Lipinski definition) is 2. The van der Waals surface area contributed by atoms with Crippen molar-refractivity contribution in [2.45, 2.75) is 39.0 Å². The molecule has 1 heterocycles. The van der Waals surface area contributed by atoms with E-state index in [9.17, 15) is 0 Å². The molecule has 1 aromatic heterocycles. The van der Waals surface area contributed by atoms with Gasteiger partial charge in [0.05, 0.1) is 15.2 Å². The molecule has 0 fully saturated rings. The third-order valence-electron chi connectivity index (χ3n) is 2.75. The third-order valence-corrected chi connectivity index (χ3v) is 4.15. The molecule has 0 N–H and O–H groups in total. The maximum absolute atomic E-state index is 4.72. The number of thiazole rings is 1. The van der Waals surface area contributed by atoms with Gasteiger partial charge in [0.25, 0.3) is 0 Å². The molecular formula is C13H17NS. The van der Waals surface area contributed by atoms with Gasteiger partial charge in [-0.3, -0.25) is 0 Å². The lowest BCUT2D eigenvalue weighted by molar-refractivity contribution is 0.471. The monoisotopic (exact) mass is 219 g/mol. The molecule has 0 saturated heterocycles. The summed E-state index contributed by atoms with van der Waals surface area (Å²) in [6, 6.07) is 8.38. The van der Waals surface area contributed by atoms with E-state index < -0.39 is 0 Å². The first kappa shape index (κ1) is 10.6. The molecule has 2 aromatic rings. The van der Waals surface area contributed by atoms with Gasteiger partial charge in [0, 0.05) is 5.41 Å². The number of hydrogen-bond donors (Lipinski definition) is 0. The number of fused-ring (bicyclic) bond motifs is 1. The molecular weight excluding hydrogens is 202 g/mol. The summed E-state index contributed by atoms with van der Waals surface area (Å²) in [6.07, 6.45) is 2.41. The minimum absolute atomic E-state index is 0.221. The van der Waals surface area contributed by atoms with Crippen molar-refractivity contribution in [1.29, 1.82) is 0 Å². The molecule has 2 rings (SSSR count). The van der Waals surface area contributed by atoms with Gasteiger partial charge in [-0.2, -0.15) is 0 Å². The SMILES string of the molecule is CCCC(C)(C)c1nc2ccccc2s1. The molecule has 0 aliphatic heterocycles. The van der Waals surface area contributed by atoms with E-state index in [1.54, 1.807) is 0 Å². The fourth-order valence-electron chi connectivity index (χ4n) is 1.89. The summed E-state index contributed by atoms with van der Waals surface area (Å²) in [7, 11) is 0. The topological polar surface area (TPSA) is 12.9 Å². The first-order valence-electron chi connectivity index (χ1n) is 5.49. The minimum Gasteiger partial charge on any atom is -0.241 e. The van der Waals surface area contributed by atoms with Crippen LogP contribution in [0.5, 0.6) is 0 Å². The Morgan fingerprint density at radius 3 is 2.67 bits per heavy atom. The van der Waals surface area contributed by atoms with Crippen molar-refractivity contribution in [1.82, 2.24) is 4.98 Å². The fourth-order valence-corrected chi connectivity index (χ4v) is 2.99. The van der Waals surface area contributed by atoms with Crippen LogP contribution in [-0.2, 0) is 5.41 Å². The second-order valence-corrected chi connectivity index (χ2v) is 5.65. The van der Waals surface area contributed by atoms with Crippen molar-refractivity contribution in [3.63, 3.8) is 0 Å². The summed E-state index contributed by atoms with van der Waals surface area (Å²) in [4.78, 5) is 4.72. The average Bonchev–Trinajstić information content (AvgIpc) is 2.61. The highest BCUT2D eigenvalue weighted by molar-refractivity contribution is 7.18. The van der Waals surface area contributed by atoms with Gasteiger partial charge < -0.3 is 0 Å². The molecule has 15 heavy (non-hydrogen) atoms. The predicted molar refractivity (Wildman–Crippen MR) is 67.6 cm³/mol. The predicted octanol–water partition coefficient (Wildman–Crippen LogP) is 4.37. The molecule has 0 bridgehead atoms. The molecule has 0 amide bonds. The van der Waals surface area contributed by atoms with Gasteiger partial charge in [-0.1, -0.05) is 39.3 Å². The van der Waals surface area contributed by atoms with Crippen LogP contribution in [0.25, 0.3) is 10.2 Å². The Balaban J connectivity index is 2.44. The Kier molecular flexibility index (Phi) is 2.79. The highest BCUT2D eigenvalue weighted by Crippen LogP contribution is 2.34. The Morgan fingerprint density at radius 2 is 2.00 bits per heavy atom. The zero-order chi connectivity index (χ0) is 10.9. The zero-order valence-electron chi connectivity index (χ0n) is 9.58. The van der Waals surface area contributed by atoms with E-state index in [1.165, 1.54) is 22.5 Å². The number of nitrogens with zero attached hydrogens (tertiary/aromatic N) is 1. The van der Waals surface area contributed by atoms with Crippen molar-refractivity contribution in [3.8, 4) is 0 Å². The van der Waals surface area contributed by atoms with Crippen LogP contribution in [0.1, 0.15) is 38.6 Å². The highest BCUT2D eigenvalue weighted by Gasteiger charge is 2.23. The Morgan fingerprint density at radius 1 is 1.27 bits per heavy atom. The molecule has 1 nitrogen and oxygen atoms in total. The van der Waals surface area contributed by atoms with E-state index in [0.29, 0.717) is 0 Å². The lowest BCUT2D eigenvalue weighted by atomic mass is 9.89. The van der Waals surface area contributed by atoms with Crippen LogP contribution in [0.4, 0.5) is 0 Å². The summed E-state index contributed by atoms with van der Waals surface area (Å²) in [5.41, 5.74) is 1.36. The second kappa shape index (κ2) is 3.93. The fraction of sp³-hybridized carbons (Fsp3) is 0.462. The van der Waals surface area contributed by atoms with Crippen LogP contribution in [-0.4, -0.2) is 4.98 Å². The quantitative estimate of drug-likeness (QED) is 0.746. The first-order chi connectivity index (χ1) is 7.13. The van der Waals surface area contributed by atoms with Gasteiger partial charge in [0.2, 0.25) is 0 Å². The van der Waals surface area contributed by atoms with Crippen molar-refractivity contribution >= 4 is 21.6 Å². The number of rotatable bonds is 3. The standard InChI is InChI=1S/C13H17NS/c1-4-9-13(2,3)12-14-10-7-5-6-8-11(10)15-12/h5-8H,4,9H2,1-3H3. The third kappa shape index (κ3) is 2.05. The van der Waals surface area contributed by atoms with E-state index in [-0.39, 0.29) is 5.41 Å². The summed E-state index contributed by atoms with van der Waals surface area (Å²) < 4.78 is 1.30. The lowest BCUT2D eigenvalue weighted by Crippen LogP contribution is -2.15. The molecule has 1 aromatic carbocycles. The van der Waals surface area contributed by atoms with Gasteiger partial charge in [-0.15, -0.1) is 11.3 Å². The maximum atomic E-state index is 4.72. The molecule has 0 atom stereocenters. The normalized spacial score (nSPS) is 12.2. The minimum atomic E-state index is 0.221. The van der Waals surface area contributed by atoms with E-state index in [1.807, 2.05) is 11.3 Å². The van der Waals surface area contributed by atoms with Crippen LogP contribution >= 0.6 is 11.3 Å². The van der Waals surface area contributed by atoms with E-state index in [4.69, 9.17) is 4.98 Å². The smallest absolute Gasteiger partial charge is 0.0994 e. The maximum Gasteiger partial charge on any atom is 0.0994 e. The Hall–Kier alpha value is -0.890. The van der Waals surface area contributed by atoms with Crippen LogP contribution in [0.2, 0.25) is 0 Å². The molecule has 0 spiro atoms. The van der Waals surface area contributed by atoms with E-state index >= 15 is 0 Å². The molecule has 80 valence electrons. The van der Waals surface area contributed by atoms with Gasteiger partial charge in [-0.25, -0.2) is 4.98 Å². The van der Waals surface area contributed by atoms with Crippen molar-refractivity contribution in [3.05, 3.63) is 29.3 Å². The van der Waals surface area contributed by atoms with Gasteiger partial charge in [-0.05, 0) is 18.6 Å². The molecule has 0 aliphatic rings. The molecule has 0 saturated carbocycles. The van der Waals surface area contributed by atoms with Crippen LogP contribution in [0.15, 0.2) is 24.3 Å². The zero-order valence-corrected chi connectivity index (χ0v) is 10.4. The first-order valence-corrected chi connectivity index (χ1v) is 6.31. The Labute approximate surface area is 95.2 Å². The van der Waals surface area contributed by atoms with Crippen LogP contribution in [0.3, 0.4) is 0 Å². The number of benzene rings is 1. The average molecular weight is 219 g/mol. The van der Waals surface area contributed by atoms with E-state index in [0.717, 1.165) is 5.52 Å². The molecule has 0 unspecified atom stereocenters. The molecule has 2 heteroatoms. The van der Waals surface area contributed by atoms with Crippen LogP contribution in [0, 0.1) is 0 Å². The highest BCUT2D eigenvalue weighted by atomic mass is 32.1. The lowest BCUT2D eigenvalue weighted by Gasteiger charge is -2.20. The molecule has 0 aliphatic carbocycles. The van der Waals surface area contributed by atoms with Gasteiger partial charge in [0.1, 0.15) is 0 Å². The van der Waals surface area contributed by atoms with Gasteiger partial charge >= 0.3 is 0 Å². The van der Waals surface area contributed by atoms with E-state index in [2.05, 4.69) is 45.0 Å². The van der Waals surface area contributed by atoms with Crippen molar-refractivity contribution in [2.24, 2.45) is 0 Å². The summed E-state index contributed by atoms with van der Waals surface area (Å²) in [6.45, 7) is 6.80. The van der Waals surface area contributed by atoms with Crippen molar-refractivity contribution < 1.29 is 0 Å². The van der Waals surface area contributed by atoms with Crippen LogP contribution < -0.4 is 0 Å². The largest absolute Gasteiger partial charge is 0.241 e. The number of para-hydroxylation sites is 1. The summed E-state index contributed by atoms with van der Waals surface area (Å²) >= 11 is 1.83. The Bertz CT molecular complexity index is 423. The van der Waals surface area contributed by atoms with Crippen molar-refractivity contribution in [2.75, 3.05) is 0 Å². The second-order valence-electron chi connectivity index (χ2n) is 4.62. The molecule has 0 radical (unpaired) electrons. The summed E-state index contributed by atoms with van der Waals surface area (Å²) in [5, 5.41) is 1.27.